The van der Waals surface area contributed by atoms with Crippen molar-refractivity contribution in [2.24, 2.45) is 11.8 Å². The molecular weight excluding hydrogens is 344 g/mol. The summed E-state index contributed by atoms with van der Waals surface area (Å²) in [4.78, 5) is 11.5. The number of rotatable bonds is 13. The minimum absolute atomic E-state index is 0.281. The van der Waals surface area contributed by atoms with Crippen molar-refractivity contribution in [2.75, 3.05) is 34.0 Å². The van der Waals surface area contributed by atoms with E-state index >= 15 is 0 Å². The second-order valence-electron chi connectivity index (χ2n) is 6.78. The molecule has 0 unspecified atom stereocenters. The fraction of sp³-hybridized carbons (Fsp3) is 0.591. The number of hydrogen-bond acceptors (Lipinski definition) is 5. The van der Waals surface area contributed by atoms with Gasteiger partial charge >= 0.3 is 5.97 Å². The maximum atomic E-state index is 11.5. The van der Waals surface area contributed by atoms with Gasteiger partial charge in [0.25, 0.3) is 0 Å². The van der Waals surface area contributed by atoms with Gasteiger partial charge in [0.1, 0.15) is 0 Å². The van der Waals surface area contributed by atoms with Crippen LogP contribution in [0.5, 0.6) is 11.5 Å². The van der Waals surface area contributed by atoms with E-state index in [1.54, 1.807) is 21.1 Å². The fourth-order valence-electron chi connectivity index (χ4n) is 2.77. The molecule has 1 aromatic carbocycles. The van der Waals surface area contributed by atoms with Gasteiger partial charge in [-0.15, -0.1) is 0 Å². The molecule has 1 atom stereocenters. The first-order valence-corrected chi connectivity index (χ1v) is 9.63. The number of carbonyl (C=O) groups excluding carboxylic acids is 1. The molecule has 0 aliphatic heterocycles. The van der Waals surface area contributed by atoms with Crippen LogP contribution in [0.3, 0.4) is 0 Å². The van der Waals surface area contributed by atoms with E-state index in [1.165, 1.54) is 11.6 Å². The van der Waals surface area contributed by atoms with Crippen LogP contribution in [-0.4, -0.2) is 40.0 Å². The van der Waals surface area contributed by atoms with Crippen molar-refractivity contribution >= 4 is 5.97 Å². The maximum absolute atomic E-state index is 11.5. The van der Waals surface area contributed by atoms with Gasteiger partial charge in [0.05, 0.1) is 20.3 Å². The smallest absolute Gasteiger partial charge is 0.330 e. The lowest BCUT2D eigenvalue weighted by molar-refractivity contribution is -0.137. The molecule has 5 heteroatoms. The van der Waals surface area contributed by atoms with Crippen LogP contribution in [0.1, 0.15) is 39.2 Å². The predicted octanol–water partition coefficient (Wildman–Crippen LogP) is 4.43. The van der Waals surface area contributed by atoms with E-state index in [2.05, 4.69) is 26.0 Å². The number of ether oxygens (including phenoxy) is 4. The average molecular weight is 379 g/mol. The summed E-state index contributed by atoms with van der Waals surface area (Å²) in [5.74, 6) is 2.13. The summed E-state index contributed by atoms with van der Waals surface area (Å²) in [5, 5.41) is 0. The Hall–Kier alpha value is -2.01. The van der Waals surface area contributed by atoms with Gasteiger partial charge in [0.15, 0.2) is 11.5 Å². The Balaban J connectivity index is 2.75. The molecule has 0 bridgehead atoms. The van der Waals surface area contributed by atoms with Crippen LogP contribution in [0, 0.1) is 11.8 Å². The van der Waals surface area contributed by atoms with E-state index in [0.29, 0.717) is 31.7 Å². The van der Waals surface area contributed by atoms with Crippen LogP contribution in [0.25, 0.3) is 0 Å². The lowest BCUT2D eigenvalue weighted by Crippen LogP contribution is -2.12. The monoisotopic (exact) mass is 378 g/mol. The van der Waals surface area contributed by atoms with Gasteiger partial charge in [-0.05, 0) is 49.3 Å². The number of carbonyl (C=O) groups is 1. The molecule has 0 heterocycles. The Morgan fingerprint density at radius 2 is 1.93 bits per heavy atom. The Bertz CT molecular complexity index is 580. The molecule has 0 radical (unpaired) electrons. The summed E-state index contributed by atoms with van der Waals surface area (Å²) in [6.45, 7) is 7.87. The van der Waals surface area contributed by atoms with Crippen LogP contribution in [-0.2, 0) is 20.7 Å². The topological polar surface area (TPSA) is 54.0 Å². The van der Waals surface area contributed by atoms with Gasteiger partial charge in [0, 0.05) is 26.2 Å². The van der Waals surface area contributed by atoms with E-state index in [-0.39, 0.29) is 5.97 Å². The fourth-order valence-corrected chi connectivity index (χ4v) is 2.77. The molecule has 0 aliphatic carbocycles. The summed E-state index contributed by atoms with van der Waals surface area (Å²) in [7, 11) is 3.33. The van der Waals surface area contributed by atoms with E-state index in [9.17, 15) is 4.79 Å². The molecule has 5 nitrogen and oxygen atoms in total. The zero-order valence-corrected chi connectivity index (χ0v) is 17.3. The lowest BCUT2D eigenvalue weighted by atomic mass is 9.86. The van der Waals surface area contributed by atoms with Gasteiger partial charge in [0.2, 0.25) is 0 Å². The average Bonchev–Trinajstić information content (AvgIpc) is 2.64. The molecule has 0 fully saturated rings. The van der Waals surface area contributed by atoms with Gasteiger partial charge in [-0.2, -0.15) is 0 Å². The summed E-state index contributed by atoms with van der Waals surface area (Å²) in [5.41, 5.74) is 1.20. The number of hydrogen-bond donors (Lipinski definition) is 0. The Morgan fingerprint density at radius 3 is 2.56 bits per heavy atom. The highest BCUT2D eigenvalue weighted by Gasteiger charge is 2.15. The van der Waals surface area contributed by atoms with Gasteiger partial charge in [-0.1, -0.05) is 26.0 Å². The molecule has 27 heavy (non-hydrogen) atoms. The highest BCUT2D eigenvalue weighted by Crippen LogP contribution is 2.30. The van der Waals surface area contributed by atoms with Crippen molar-refractivity contribution in [1.29, 1.82) is 0 Å². The zero-order chi connectivity index (χ0) is 20.1. The first-order chi connectivity index (χ1) is 13.0. The first kappa shape index (κ1) is 23.0. The summed E-state index contributed by atoms with van der Waals surface area (Å²) in [6.07, 6.45) is 6.00. The quantitative estimate of drug-likeness (QED) is 0.289. The Kier molecular flexibility index (Phi) is 11.3. The molecule has 0 saturated heterocycles. The standard InChI is InChI=1S/C22H34O5/c1-6-26-22(23)10-7-9-19(17(2)3)15-18-11-12-20(25-5)21(16-18)27-14-8-13-24-4/h7,10-12,16-17,19H,6,8-9,13-15H2,1-5H3/b10-7+/t19-/m1/s1. The highest BCUT2D eigenvalue weighted by atomic mass is 16.5. The van der Waals surface area contributed by atoms with Crippen LogP contribution >= 0.6 is 0 Å². The van der Waals surface area contributed by atoms with Crippen LogP contribution in [0.4, 0.5) is 0 Å². The third-order valence-electron chi connectivity index (χ3n) is 4.40. The first-order valence-electron chi connectivity index (χ1n) is 9.63. The van der Waals surface area contributed by atoms with E-state index in [1.807, 2.05) is 12.1 Å². The molecule has 1 rings (SSSR count). The third-order valence-corrected chi connectivity index (χ3v) is 4.40. The van der Waals surface area contributed by atoms with Crippen molar-refractivity contribution in [1.82, 2.24) is 0 Å². The second kappa shape index (κ2) is 13.2. The van der Waals surface area contributed by atoms with Crippen LogP contribution in [0.15, 0.2) is 30.4 Å². The van der Waals surface area contributed by atoms with Crippen molar-refractivity contribution < 1.29 is 23.7 Å². The van der Waals surface area contributed by atoms with Crippen LogP contribution < -0.4 is 9.47 Å². The Morgan fingerprint density at radius 1 is 1.15 bits per heavy atom. The number of esters is 1. The molecule has 1 aromatic rings. The summed E-state index contributed by atoms with van der Waals surface area (Å²) >= 11 is 0. The maximum Gasteiger partial charge on any atom is 0.330 e. The van der Waals surface area contributed by atoms with Gasteiger partial charge in [-0.3, -0.25) is 0 Å². The lowest BCUT2D eigenvalue weighted by Gasteiger charge is -2.20. The second-order valence-corrected chi connectivity index (χ2v) is 6.78. The summed E-state index contributed by atoms with van der Waals surface area (Å²) in [6, 6.07) is 6.08. The SMILES string of the molecule is CCOC(=O)/C=C/C[C@H](Cc1ccc(OC)c(OCCCOC)c1)C(C)C. The van der Waals surface area contributed by atoms with Crippen molar-refractivity contribution in [3.63, 3.8) is 0 Å². The third kappa shape index (κ3) is 8.96. The Labute approximate surface area is 163 Å². The normalized spacial score (nSPS) is 12.4. The minimum Gasteiger partial charge on any atom is -0.493 e. The van der Waals surface area contributed by atoms with Gasteiger partial charge in [-0.25, -0.2) is 4.79 Å². The summed E-state index contributed by atoms with van der Waals surface area (Å²) < 4.78 is 21.3. The van der Waals surface area contributed by atoms with Crippen molar-refractivity contribution in [3.05, 3.63) is 35.9 Å². The zero-order valence-electron chi connectivity index (χ0n) is 17.3. The molecule has 0 amide bonds. The highest BCUT2D eigenvalue weighted by molar-refractivity contribution is 5.81. The molecule has 0 aromatic heterocycles. The molecule has 152 valence electrons. The van der Waals surface area contributed by atoms with Crippen molar-refractivity contribution in [2.45, 2.75) is 40.0 Å². The number of allylic oxidation sites excluding steroid dienone is 1. The van der Waals surface area contributed by atoms with E-state index in [0.717, 1.165) is 30.8 Å². The molecule has 0 spiro atoms. The van der Waals surface area contributed by atoms with Crippen molar-refractivity contribution in [3.8, 4) is 11.5 Å². The van der Waals surface area contributed by atoms with Crippen LogP contribution in [0.2, 0.25) is 0 Å². The number of methoxy groups -OCH3 is 2. The largest absolute Gasteiger partial charge is 0.493 e. The minimum atomic E-state index is -0.281. The molecule has 0 N–H and O–H groups in total. The van der Waals surface area contributed by atoms with E-state index < -0.39 is 0 Å². The van der Waals surface area contributed by atoms with Gasteiger partial charge < -0.3 is 18.9 Å². The number of benzene rings is 1. The molecular formula is C22H34O5. The molecule has 0 aliphatic rings. The van der Waals surface area contributed by atoms with E-state index in [4.69, 9.17) is 18.9 Å². The molecule has 0 saturated carbocycles. The predicted molar refractivity (Wildman–Crippen MR) is 107 cm³/mol.